The average Bonchev–Trinajstić information content (AvgIpc) is 3.15. The molecule has 4 heterocycles. The number of aromatic nitrogens is 1. The molecule has 0 saturated carbocycles. The van der Waals surface area contributed by atoms with Gasteiger partial charge in [-0.25, -0.2) is 9.99 Å². The van der Waals surface area contributed by atoms with Gasteiger partial charge in [0, 0.05) is 24.9 Å². The van der Waals surface area contributed by atoms with Crippen molar-refractivity contribution in [3.05, 3.63) is 83.0 Å². The number of rotatable bonds is 4. The molecular formula is C23H21F3N6O. The summed E-state index contributed by atoms with van der Waals surface area (Å²) in [6.45, 7) is 3.61. The lowest BCUT2D eigenvalue weighted by molar-refractivity contribution is -0.137. The number of carbonyl (C=O) groups is 1. The van der Waals surface area contributed by atoms with Gasteiger partial charge in [0.1, 0.15) is 23.5 Å². The SMILES string of the molecule is CC1=CC(c2ccccc2C(F)(F)F)=NN2C(NC(=O)c3cccc(N4CCC4)n3)=CNC12. The topological polar surface area (TPSA) is 72.9 Å². The first-order valence-corrected chi connectivity index (χ1v) is 10.5. The Morgan fingerprint density at radius 3 is 2.67 bits per heavy atom. The van der Waals surface area contributed by atoms with Crippen molar-refractivity contribution in [2.75, 3.05) is 18.0 Å². The molecule has 5 rings (SSSR count). The Labute approximate surface area is 188 Å². The van der Waals surface area contributed by atoms with E-state index >= 15 is 0 Å². The molecule has 33 heavy (non-hydrogen) atoms. The number of halogens is 3. The Balaban J connectivity index is 1.41. The number of fused-ring (bicyclic) bond motifs is 1. The molecule has 1 aromatic carbocycles. The summed E-state index contributed by atoms with van der Waals surface area (Å²) in [6.07, 6.45) is -0.613. The first-order valence-electron chi connectivity index (χ1n) is 10.5. The summed E-state index contributed by atoms with van der Waals surface area (Å²) in [5.74, 6) is 0.646. The molecule has 1 unspecified atom stereocenters. The summed E-state index contributed by atoms with van der Waals surface area (Å²) in [5, 5.41) is 11.8. The Morgan fingerprint density at radius 1 is 1.15 bits per heavy atom. The summed E-state index contributed by atoms with van der Waals surface area (Å²) in [6, 6.07) is 10.6. The number of hydrogen-bond acceptors (Lipinski definition) is 6. The van der Waals surface area contributed by atoms with Crippen LogP contribution in [-0.2, 0) is 6.18 Å². The van der Waals surface area contributed by atoms with Crippen LogP contribution in [-0.4, -0.2) is 40.9 Å². The van der Waals surface area contributed by atoms with Crippen molar-refractivity contribution in [2.24, 2.45) is 5.10 Å². The maximum atomic E-state index is 13.5. The van der Waals surface area contributed by atoms with E-state index < -0.39 is 23.8 Å². The molecule has 1 fully saturated rings. The fourth-order valence-electron chi connectivity index (χ4n) is 3.94. The Hall–Kier alpha value is -3.82. The normalized spacial score (nSPS) is 19.6. The lowest BCUT2D eigenvalue weighted by Crippen LogP contribution is -2.42. The van der Waals surface area contributed by atoms with Crippen LogP contribution >= 0.6 is 0 Å². The van der Waals surface area contributed by atoms with Gasteiger partial charge in [0.25, 0.3) is 5.91 Å². The van der Waals surface area contributed by atoms with E-state index in [1.807, 2.05) is 6.07 Å². The van der Waals surface area contributed by atoms with Crippen molar-refractivity contribution in [2.45, 2.75) is 25.7 Å². The molecule has 1 amide bonds. The van der Waals surface area contributed by atoms with Crippen LogP contribution in [0.2, 0.25) is 0 Å². The van der Waals surface area contributed by atoms with Gasteiger partial charge in [-0.2, -0.15) is 18.3 Å². The minimum atomic E-state index is -4.51. The maximum Gasteiger partial charge on any atom is 0.417 e. The van der Waals surface area contributed by atoms with E-state index in [9.17, 15) is 18.0 Å². The molecule has 0 radical (unpaired) electrons. The van der Waals surface area contributed by atoms with Gasteiger partial charge in [-0.3, -0.25) is 4.79 Å². The maximum absolute atomic E-state index is 13.5. The van der Waals surface area contributed by atoms with Crippen molar-refractivity contribution in [1.29, 1.82) is 0 Å². The average molecular weight is 454 g/mol. The molecule has 1 saturated heterocycles. The lowest BCUT2D eigenvalue weighted by Gasteiger charge is -2.32. The van der Waals surface area contributed by atoms with Crippen LogP contribution in [0.5, 0.6) is 0 Å². The molecule has 7 nitrogen and oxygen atoms in total. The highest BCUT2D eigenvalue weighted by molar-refractivity contribution is 6.10. The standard InChI is InChI=1S/C23H21F3N6O/c1-14-12-18(15-6-2-3-7-16(15)23(24,25)26)30-32-20(13-27-21(14)32)29-22(33)17-8-4-9-19(28-17)31-10-5-11-31/h2-4,6-9,12-13,21,27H,5,10-11H2,1H3,(H,29,33). The number of nitrogens with one attached hydrogen (secondary N) is 2. The number of nitrogens with zero attached hydrogens (tertiary/aromatic N) is 4. The highest BCUT2D eigenvalue weighted by Crippen LogP contribution is 2.34. The summed E-state index contributed by atoms with van der Waals surface area (Å²) < 4.78 is 40.6. The summed E-state index contributed by atoms with van der Waals surface area (Å²) in [4.78, 5) is 19.4. The van der Waals surface area contributed by atoms with E-state index in [4.69, 9.17) is 0 Å². The Bertz CT molecular complexity index is 1200. The third-order valence-corrected chi connectivity index (χ3v) is 5.78. The first kappa shape index (κ1) is 21.0. The number of allylic oxidation sites excluding steroid dienone is 1. The smallest absolute Gasteiger partial charge is 0.363 e. The second kappa shape index (κ2) is 7.95. The third kappa shape index (κ3) is 3.92. The predicted molar refractivity (Wildman–Crippen MR) is 117 cm³/mol. The zero-order chi connectivity index (χ0) is 23.2. The zero-order valence-corrected chi connectivity index (χ0v) is 17.7. The molecule has 0 aliphatic carbocycles. The molecule has 1 atom stereocenters. The summed E-state index contributed by atoms with van der Waals surface area (Å²) in [7, 11) is 0. The van der Waals surface area contributed by atoms with Crippen LogP contribution in [0.3, 0.4) is 0 Å². The van der Waals surface area contributed by atoms with Crippen molar-refractivity contribution < 1.29 is 18.0 Å². The van der Waals surface area contributed by atoms with E-state index in [2.05, 4.69) is 25.6 Å². The summed E-state index contributed by atoms with van der Waals surface area (Å²) in [5.41, 5.74) is 0.387. The molecule has 2 N–H and O–H groups in total. The van der Waals surface area contributed by atoms with Gasteiger partial charge in [-0.1, -0.05) is 24.3 Å². The zero-order valence-electron chi connectivity index (χ0n) is 17.7. The number of pyridine rings is 1. The largest absolute Gasteiger partial charge is 0.417 e. The quantitative estimate of drug-likeness (QED) is 0.741. The monoisotopic (exact) mass is 454 g/mol. The highest BCUT2D eigenvalue weighted by atomic mass is 19.4. The molecular weight excluding hydrogens is 433 g/mol. The van der Waals surface area contributed by atoms with E-state index in [1.165, 1.54) is 17.1 Å². The van der Waals surface area contributed by atoms with Gasteiger partial charge < -0.3 is 15.5 Å². The minimum Gasteiger partial charge on any atom is -0.363 e. The fourth-order valence-corrected chi connectivity index (χ4v) is 3.94. The third-order valence-electron chi connectivity index (χ3n) is 5.78. The van der Waals surface area contributed by atoms with Crippen molar-refractivity contribution in [3.8, 4) is 0 Å². The lowest BCUT2D eigenvalue weighted by atomic mass is 9.99. The van der Waals surface area contributed by atoms with Gasteiger partial charge in [-0.15, -0.1) is 0 Å². The number of benzene rings is 1. The second-order valence-electron chi connectivity index (χ2n) is 8.04. The van der Waals surface area contributed by atoms with Crippen molar-refractivity contribution in [3.63, 3.8) is 0 Å². The van der Waals surface area contributed by atoms with Gasteiger partial charge in [0.15, 0.2) is 0 Å². The van der Waals surface area contributed by atoms with Gasteiger partial charge in [0.05, 0.1) is 11.3 Å². The van der Waals surface area contributed by atoms with Crippen molar-refractivity contribution >= 4 is 17.4 Å². The van der Waals surface area contributed by atoms with E-state index in [-0.39, 0.29) is 17.0 Å². The fraction of sp³-hybridized carbons (Fsp3) is 0.261. The van der Waals surface area contributed by atoms with Gasteiger partial charge in [-0.05, 0) is 43.2 Å². The minimum absolute atomic E-state index is 0.0238. The number of anilines is 1. The van der Waals surface area contributed by atoms with E-state index in [1.54, 1.807) is 37.4 Å². The number of hydrogen-bond donors (Lipinski definition) is 2. The van der Waals surface area contributed by atoms with Crippen LogP contribution < -0.4 is 15.5 Å². The number of hydrazone groups is 1. The van der Waals surface area contributed by atoms with Crippen LogP contribution in [0.15, 0.2) is 71.2 Å². The number of amides is 1. The van der Waals surface area contributed by atoms with E-state index in [0.717, 1.165) is 37.0 Å². The van der Waals surface area contributed by atoms with Crippen LogP contribution in [0.1, 0.15) is 35.0 Å². The highest BCUT2D eigenvalue weighted by Gasteiger charge is 2.37. The first-order chi connectivity index (χ1) is 15.8. The second-order valence-corrected chi connectivity index (χ2v) is 8.04. The predicted octanol–water partition coefficient (Wildman–Crippen LogP) is 3.43. The van der Waals surface area contributed by atoms with Gasteiger partial charge in [0.2, 0.25) is 0 Å². The van der Waals surface area contributed by atoms with Crippen LogP contribution in [0, 0.1) is 0 Å². The van der Waals surface area contributed by atoms with Crippen LogP contribution in [0.4, 0.5) is 19.0 Å². The number of alkyl halides is 3. The number of carbonyl (C=O) groups excluding carboxylic acids is 1. The molecule has 0 bridgehead atoms. The summed E-state index contributed by atoms with van der Waals surface area (Å²) >= 11 is 0. The molecule has 10 heteroatoms. The Morgan fingerprint density at radius 2 is 1.94 bits per heavy atom. The van der Waals surface area contributed by atoms with Crippen LogP contribution in [0.25, 0.3) is 0 Å². The van der Waals surface area contributed by atoms with Crippen molar-refractivity contribution in [1.82, 2.24) is 20.6 Å². The molecule has 2 aromatic rings. The molecule has 1 aromatic heterocycles. The molecule has 3 aliphatic heterocycles. The molecule has 170 valence electrons. The Kier molecular flexibility index (Phi) is 5.07. The van der Waals surface area contributed by atoms with Gasteiger partial charge >= 0.3 is 6.18 Å². The molecule has 3 aliphatic rings. The molecule has 0 spiro atoms. The van der Waals surface area contributed by atoms with E-state index in [0.29, 0.717) is 5.82 Å².